The van der Waals surface area contributed by atoms with Crippen LogP contribution in [0, 0.1) is 5.92 Å². The van der Waals surface area contributed by atoms with Crippen LogP contribution in [0.4, 0.5) is 5.69 Å². The molecule has 5 aromatic rings. The Morgan fingerprint density at radius 3 is 2.37 bits per heavy atom. The second-order valence-electron chi connectivity index (χ2n) is 11.5. The Balaban J connectivity index is 1.04. The molecule has 0 radical (unpaired) electrons. The van der Waals surface area contributed by atoms with E-state index in [2.05, 4.69) is 10.3 Å². The van der Waals surface area contributed by atoms with Crippen molar-refractivity contribution >= 4 is 11.6 Å². The van der Waals surface area contributed by atoms with Gasteiger partial charge in [-0.05, 0) is 41.8 Å². The number of para-hydroxylation sites is 1. The first-order valence-corrected chi connectivity index (χ1v) is 15.0. The Kier molecular flexibility index (Phi) is 7.67. The number of amides is 1. The number of hydrogen-bond donors (Lipinski definition) is 4. The van der Waals surface area contributed by atoms with Crippen molar-refractivity contribution in [2.75, 3.05) is 4.90 Å². The number of rotatable bonds is 9. The van der Waals surface area contributed by atoms with Crippen LogP contribution in [-0.2, 0) is 29.1 Å². The molecule has 1 fully saturated rings. The van der Waals surface area contributed by atoms with Gasteiger partial charge in [0.25, 0.3) is 0 Å². The lowest BCUT2D eigenvalue weighted by atomic mass is 9.79. The molecule has 0 spiro atoms. The van der Waals surface area contributed by atoms with Crippen LogP contribution in [0.25, 0.3) is 0 Å². The van der Waals surface area contributed by atoms with Crippen molar-refractivity contribution in [2.45, 2.75) is 44.2 Å². The van der Waals surface area contributed by atoms with Crippen LogP contribution in [0.15, 0.2) is 97.2 Å². The van der Waals surface area contributed by atoms with Gasteiger partial charge in [0, 0.05) is 36.3 Å². The average molecular weight is 621 g/mol. The normalized spacial score (nSPS) is 20.5. The van der Waals surface area contributed by atoms with E-state index >= 15 is 0 Å². The van der Waals surface area contributed by atoms with Crippen LogP contribution in [0.1, 0.15) is 41.0 Å². The van der Waals surface area contributed by atoms with Crippen molar-refractivity contribution in [1.82, 2.24) is 15.0 Å². The van der Waals surface area contributed by atoms with Crippen LogP contribution >= 0.6 is 0 Å². The molecule has 2 aliphatic heterocycles. The number of benzene rings is 4. The van der Waals surface area contributed by atoms with Gasteiger partial charge in [0.2, 0.25) is 5.91 Å². The number of fused-ring (bicyclic) bond motifs is 1. The third-order valence-corrected chi connectivity index (χ3v) is 8.59. The molecular weight excluding hydrogens is 588 g/mol. The van der Waals surface area contributed by atoms with Gasteiger partial charge < -0.3 is 34.8 Å². The summed E-state index contributed by atoms with van der Waals surface area (Å²) in [5.41, 5.74) is 3.54. The zero-order chi connectivity index (χ0) is 31.8. The summed E-state index contributed by atoms with van der Waals surface area (Å²) in [7, 11) is 0. The van der Waals surface area contributed by atoms with Crippen LogP contribution in [0.3, 0.4) is 0 Å². The van der Waals surface area contributed by atoms with E-state index in [0.717, 1.165) is 11.3 Å². The van der Waals surface area contributed by atoms with Gasteiger partial charge >= 0.3 is 0 Å². The summed E-state index contributed by atoms with van der Waals surface area (Å²) in [5, 5.41) is 49.0. The molecular formula is C35H32N4O7. The van der Waals surface area contributed by atoms with Gasteiger partial charge in [0.15, 0.2) is 17.6 Å². The molecule has 0 bridgehead atoms. The summed E-state index contributed by atoms with van der Waals surface area (Å²) in [4.78, 5) is 15.2. The Morgan fingerprint density at radius 2 is 1.61 bits per heavy atom. The van der Waals surface area contributed by atoms with Crippen LogP contribution in [0.5, 0.6) is 28.7 Å². The molecule has 0 aliphatic carbocycles. The minimum absolute atomic E-state index is 0.0733. The number of anilines is 1. The Hall–Kier alpha value is -5.55. The zero-order valence-electron chi connectivity index (χ0n) is 24.7. The SMILES string of the molecule is O=C1C(CCn2cc(CO[C@@H]3Cc4c(O)cc(O)cc4O[C@@H]3c3ccc(O)c(O)c3)nn2)C(c2ccccc2)N1c1ccccc1. The van der Waals surface area contributed by atoms with Gasteiger partial charge in [-0.1, -0.05) is 59.8 Å². The molecule has 0 saturated carbocycles. The second kappa shape index (κ2) is 12.1. The summed E-state index contributed by atoms with van der Waals surface area (Å²) in [6.07, 6.45) is 1.29. The highest BCUT2D eigenvalue weighted by molar-refractivity contribution is 6.03. The summed E-state index contributed by atoms with van der Waals surface area (Å²) in [5.74, 6) is -0.678. The fourth-order valence-corrected chi connectivity index (χ4v) is 6.31. The van der Waals surface area contributed by atoms with Gasteiger partial charge in [0.1, 0.15) is 29.0 Å². The molecule has 3 heterocycles. The zero-order valence-corrected chi connectivity index (χ0v) is 24.7. The van der Waals surface area contributed by atoms with Crippen molar-refractivity contribution in [3.63, 3.8) is 0 Å². The fraction of sp³-hybridized carbons (Fsp3) is 0.229. The first-order valence-electron chi connectivity index (χ1n) is 15.0. The molecule has 11 nitrogen and oxygen atoms in total. The van der Waals surface area contributed by atoms with E-state index in [0.29, 0.717) is 35.5 Å². The maximum Gasteiger partial charge on any atom is 0.233 e. The number of carbonyl (C=O) groups excluding carboxylic acids is 1. The quantitative estimate of drug-likeness (QED) is 0.129. The first kappa shape index (κ1) is 29.2. The number of aromatic nitrogens is 3. The Bertz CT molecular complexity index is 1860. The molecule has 46 heavy (non-hydrogen) atoms. The lowest BCUT2D eigenvalue weighted by Gasteiger charge is -2.47. The van der Waals surface area contributed by atoms with Gasteiger partial charge in [0.05, 0.1) is 24.8 Å². The third kappa shape index (κ3) is 5.56. The highest BCUT2D eigenvalue weighted by atomic mass is 16.5. The smallest absolute Gasteiger partial charge is 0.233 e. The number of phenols is 4. The first-order chi connectivity index (χ1) is 22.4. The molecule has 234 valence electrons. The van der Waals surface area contributed by atoms with Crippen molar-refractivity contribution < 1.29 is 34.7 Å². The minimum atomic E-state index is -0.720. The van der Waals surface area contributed by atoms with E-state index in [-0.39, 0.29) is 53.9 Å². The predicted molar refractivity (Wildman–Crippen MR) is 166 cm³/mol. The summed E-state index contributed by atoms with van der Waals surface area (Å²) < 4.78 is 14.1. The van der Waals surface area contributed by atoms with Crippen molar-refractivity contribution in [1.29, 1.82) is 0 Å². The monoisotopic (exact) mass is 620 g/mol. The molecule has 2 aliphatic rings. The van der Waals surface area contributed by atoms with Crippen LogP contribution < -0.4 is 9.64 Å². The van der Waals surface area contributed by atoms with E-state index in [4.69, 9.17) is 9.47 Å². The standard InChI is InChI=1S/C35H32N4O7/c40-25-16-29(42)27-18-32(34(46-31(27)17-25)22-11-12-28(41)30(43)15-22)45-20-23-19-38(37-36-23)14-13-26-33(21-7-3-1-4-8-21)39(35(26)44)24-9-5-2-6-10-24/h1-12,15-17,19,26,32-34,40-43H,13-14,18,20H2/t26?,32-,33?,34-/m1/s1. The Morgan fingerprint density at radius 1 is 0.848 bits per heavy atom. The number of ether oxygens (including phenoxy) is 2. The maximum atomic E-state index is 13.4. The molecule has 4 aromatic carbocycles. The van der Waals surface area contributed by atoms with E-state index in [1.807, 2.05) is 65.6 Å². The molecule has 4 atom stereocenters. The largest absolute Gasteiger partial charge is 0.508 e. The van der Waals surface area contributed by atoms with Crippen LogP contribution in [0.2, 0.25) is 0 Å². The van der Waals surface area contributed by atoms with Gasteiger partial charge in [-0.25, -0.2) is 0 Å². The van der Waals surface area contributed by atoms with Crippen LogP contribution in [-0.4, -0.2) is 47.4 Å². The van der Waals surface area contributed by atoms with Gasteiger partial charge in [-0.15, -0.1) is 5.10 Å². The fourth-order valence-electron chi connectivity index (χ4n) is 6.31. The van der Waals surface area contributed by atoms with E-state index in [1.54, 1.807) is 16.9 Å². The van der Waals surface area contributed by atoms with E-state index in [1.165, 1.54) is 24.3 Å². The lowest BCUT2D eigenvalue weighted by molar-refractivity contribution is -0.130. The van der Waals surface area contributed by atoms with E-state index in [9.17, 15) is 25.2 Å². The lowest BCUT2D eigenvalue weighted by Crippen LogP contribution is -2.55. The van der Waals surface area contributed by atoms with Crippen molar-refractivity contribution in [3.8, 4) is 28.7 Å². The molecule has 4 N–H and O–H groups in total. The predicted octanol–water partition coefficient (Wildman–Crippen LogP) is 5.16. The highest BCUT2D eigenvalue weighted by Crippen LogP contribution is 2.46. The number of hydrogen-bond acceptors (Lipinski definition) is 9. The summed E-state index contributed by atoms with van der Waals surface area (Å²) in [6.45, 7) is 0.571. The van der Waals surface area contributed by atoms with E-state index < -0.39 is 12.2 Å². The average Bonchev–Trinajstić information content (AvgIpc) is 3.52. The molecule has 1 saturated heterocycles. The second-order valence-corrected chi connectivity index (χ2v) is 11.5. The number of carbonyl (C=O) groups is 1. The molecule has 11 heteroatoms. The number of aryl methyl sites for hydroxylation is 1. The van der Waals surface area contributed by atoms with Crippen molar-refractivity contribution in [2.24, 2.45) is 5.92 Å². The maximum absolute atomic E-state index is 13.4. The number of β-lactam (4-membered cyclic amide) rings is 1. The third-order valence-electron chi connectivity index (χ3n) is 8.59. The molecule has 1 aromatic heterocycles. The minimum Gasteiger partial charge on any atom is -0.508 e. The Labute approximate surface area is 264 Å². The number of nitrogens with zero attached hydrogens (tertiary/aromatic N) is 4. The summed E-state index contributed by atoms with van der Waals surface area (Å²) in [6, 6.07) is 26.7. The number of phenolic OH excluding ortho intramolecular Hbond substituents is 4. The number of aromatic hydroxyl groups is 4. The topological polar surface area (TPSA) is 150 Å². The van der Waals surface area contributed by atoms with Gasteiger partial charge in [-0.2, -0.15) is 0 Å². The molecule has 7 rings (SSSR count). The van der Waals surface area contributed by atoms with Gasteiger partial charge in [-0.3, -0.25) is 9.48 Å². The molecule has 2 unspecified atom stereocenters. The summed E-state index contributed by atoms with van der Waals surface area (Å²) >= 11 is 0. The van der Waals surface area contributed by atoms with Crippen molar-refractivity contribution in [3.05, 3.63) is 120 Å². The highest BCUT2D eigenvalue weighted by Gasteiger charge is 2.48. The molecule has 1 amide bonds.